The Balaban J connectivity index is 2.89. The van der Waals surface area contributed by atoms with Gasteiger partial charge in [-0.15, -0.1) is 0 Å². The number of H-pyrrole nitrogens is 1. The Bertz CT molecular complexity index is 739. The van der Waals surface area contributed by atoms with E-state index in [0.717, 1.165) is 0 Å². The second-order valence-corrected chi connectivity index (χ2v) is 4.43. The van der Waals surface area contributed by atoms with Crippen LogP contribution in [-0.2, 0) is 0 Å². The van der Waals surface area contributed by atoms with Gasteiger partial charge in [-0.2, -0.15) is 4.39 Å². The highest BCUT2D eigenvalue weighted by molar-refractivity contribution is 6.43. The van der Waals surface area contributed by atoms with Crippen molar-refractivity contribution in [2.45, 2.75) is 0 Å². The number of hydrogen-bond acceptors (Lipinski definition) is 2. The highest BCUT2D eigenvalue weighted by atomic mass is 35.5. The summed E-state index contributed by atoms with van der Waals surface area (Å²) in [7, 11) is 0. The van der Waals surface area contributed by atoms with E-state index in [2.05, 4.69) is 0 Å². The number of halogens is 4. The Labute approximate surface area is 115 Å². The average molecular weight is 310 g/mol. The van der Waals surface area contributed by atoms with Gasteiger partial charge in [0.25, 0.3) is 5.56 Å². The van der Waals surface area contributed by atoms with Crippen molar-refractivity contribution >= 4 is 34.8 Å². The van der Waals surface area contributed by atoms with Crippen LogP contribution in [0.3, 0.4) is 0 Å². The summed E-state index contributed by atoms with van der Waals surface area (Å²) in [6.45, 7) is 0. The molecule has 8 heteroatoms. The van der Waals surface area contributed by atoms with Crippen molar-refractivity contribution in [2.75, 3.05) is 0 Å². The molecule has 0 saturated carbocycles. The van der Waals surface area contributed by atoms with E-state index in [1.807, 2.05) is 4.98 Å². The first-order valence-electron chi connectivity index (χ1n) is 4.58. The molecule has 4 nitrogen and oxygen atoms in total. The first kappa shape index (κ1) is 13.1. The van der Waals surface area contributed by atoms with Crippen molar-refractivity contribution in [2.24, 2.45) is 0 Å². The highest BCUT2D eigenvalue weighted by Gasteiger charge is 2.16. The van der Waals surface area contributed by atoms with E-state index in [-0.39, 0.29) is 15.7 Å². The van der Waals surface area contributed by atoms with Gasteiger partial charge in [-0.05, 0) is 12.1 Å². The molecule has 0 aliphatic rings. The van der Waals surface area contributed by atoms with E-state index in [4.69, 9.17) is 34.8 Å². The molecule has 0 saturated heterocycles. The molecule has 0 fully saturated rings. The molecule has 0 radical (unpaired) electrons. The van der Waals surface area contributed by atoms with Crippen LogP contribution in [0, 0.1) is 5.82 Å². The van der Waals surface area contributed by atoms with E-state index < -0.39 is 22.2 Å². The van der Waals surface area contributed by atoms with Gasteiger partial charge in [-0.1, -0.05) is 40.9 Å². The molecule has 94 valence electrons. The number of aromatic amines is 1. The van der Waals surface area contributed by atoms with E-state index >= 15 is 0 Å². The van der Waals surface area contributed by atoms with Crippen LogP contribution in [0.4, 0.5) is 4.39 Å². The lowest BCUT2D eigenvalue weighted by Crippen LogP contribution is -2.36. The molecule has 0 atom stereocenters. The maximum absolute atomic E-state index is 13.4. The molecule has 0 unspecified atom stereocenters. The first-order chi connectivity index (χ1) is 8.43. The van der Waals surface area contributed by atoms with Gasteiger partial charge in [-0.3, -0.25) is 9.78 Å². The third-order valence-electron chi connectivity index (χ3n) is 2.18. The second kappa shape index (κ2) is 4.76. The molecule has 0 amide bonds. The maximum atomic E-state index is 13.4. The minimum absolute atomic E-state index is 0.0222. The molecular formula is C10H4Cl3FN2O2. The zero-order valence-corrected chi connectivity index (χ0v) is 10.8. The van der Waals surface area contributed by atoms with Crippen molar-refractivity contribution in [3.8, 4) is 5.69 Å². The lowest BCUT2D eigenvalue weighted by Gasteiger charge is -2.08. The van der Waals surface area contributed by atoms with Gasteiger partial charge < -0.3 is 0 Å². The van der Waals surface area contributed by atoms with Crippen LogP contribution in [0.5, 0.6) is 0 Å². The Kier molecular flexibility index (Phi) is 3.47. The van der Waals surface area contributed by atoms with Gasteiger partial charge in [0.1, 0.15) is 0 Å². The fraction of sp³-hybridized carbons (Fsp3) is 0. The second-order valence-electron chi connectivity index (χ2n) is 3.27. The summed E-state index contributed by atoms with van der Waals surface area (Å²) in [5.74, 6) is -1.27. The molecule has 2 rings (SSSR count). The number of nitrogens with zero attached hydrogens (tertiary/aromatic N) is 1. The third kappa shape index (κ3) is 2.05. The van der Waals surface area contributed by atoms with E-state index in [9.17, 15) is 14.0 Å². The smallest absolute Gasteiger partial charge is 0.295 e. The van der Waals surface area contributed by atoms with Gasteiger partial charge in [0.15, 0.2) is 5.15 Å². The van der Waals surface area contributed by atoms with E-state index in [1.54, 1.807) is 0 Å². The molecule has 0 aliphatic carbocycles. The lowest BCUT2D eigenvalue weighted by atomic mass is 10.3. The average Bonchev–Trinajstić information content (AvgIpc) is 2.32. The van der Waals surface area contributed by atoms with Crippen LogP contribution >= 0.6 is 34.8 Å². The molecule has 0 aliphatic heterocycles. The molecule has 2 aromatic rings. The molecule has 1 N–H and O–H groups in total. The monoisotopic (exact) mass is 308 g/mol. The van der Waals surface area contributed by atoms with Crippen LogP contribution in [0.15, 0.2) is 27.8 Å². The minimum Gasteiger partial charge on any atom is -0.295 e. The van der Waals surface area contributed by atoms with Crippen LogP contribution in [0.2, 0.25) is 15.2 Å². The Morgan fingerprint density at radius 2 is 1.83 bits per heavy atom. The van der Waals surface area contributed by atoms with E-state index in [1.165, 1.54) is 18.2 Å². The summed E-state index contributed by atoms with van der Waals surface area (Å²) in [5, 5.41) is -0.552. The standard InChI is InChI=1S/C10H4Cl3FN2O2/c11-4-2-1-3-5(6(4)12)16-9(17)7(14)8(13)15-10(16)18/h1-3H,(H,15,18). The third-order valence-corrected chi connectivity index (χ3v) is 3.24. The molecule has 1 aromatic heterocycles. The van der Waals surface area contributed by atoms with Gasteiger partial charge in [0, 0.05) is 0 Å². The van der Waals surface area contributed by atoms with Crippen molar-refractivity contribution in [1.29, 1.82) is 0 Å². The highest BCUT2D eigenvalue weighted by Crippen LogP contribution is 2.26. The van der Waals surface area contributed by atoms with Crippen molar-refractivity contribution in [3.05, 3.63) is 60.1 Å². The number of hydrogen-bond donors (Lipinski definition) is 1. The number of benzene rings is 1. The fourth-order valence-corrected chi connectivity index (χ4v) is 1.91. The van der Waals surface area contributed by atoms with Crippen molar-refractivity contribution in [1.82, 2.24) is 9.55 Å². The zero-order chi connectivity index (χ0) is 13.4. The van der Waals surface area contributed by atoms with Crippen LogP contribution < -0.4 is 11.2 Å². The first-order valence-corrected chi connectivity index (χ1v) is 5.71. The molecule has 0 spiro atoms. The SMILES string of the molecule is O=c1[nH]c(Cl)c(F)c(=O)n1-c1cccc(Cl)c1Cl. The van der Waals surface area contributed by atoms with E-state index in [0.29, 0.717) is 4.57 Å². The molecule has 0 bridgehead atoms. The predicted molar refractivity (Wildman–Crippen MR) is 67.6 cm³/mol. The summed E-state index contributed by atoms with van der Waals surface area (Å²) in [4.78, 5) is 25.3. The van der Waals surface area contributed by atoms with Gasteiger partial charge in [0.05, 0.1) is 15.7 Å². The van der Waals surface area contributed by atoms with Crippen molar-refractivity contribution in [3.63, 3.8) is 0 Å². The Morgan fingerprint density at radius 3 is 2.50 bits per heavy atom. The predicted octanol–water partition coefficient (Wildman–Crippen LogP) is 2.63. The van der Waals surface area contributed by atoms with Crippen molar-refractivity contribution < 1.29 is 4.39 Å². The number of rotatable bonds is 1. The normalized spacial score (nSPS) is 10.7. The molecule has 1 heterocycles. The summed E-state index contributed by atoms with van der Waals surface area (Å²) in [6, 6.07) is 4.30. The number of aromatic nitrogens is 2. The summed E-state index contributed by atoms with van der Waals surface area (Å²) in [6.07, 6.45) is 0. The van der Waals surface area contributed by atoms with Gasteiger partial charge in [0.2, 0.25) is 5.82 Å². The number of nitrogens with one attached hydrogen (secondary N) is 1. The summed E-state index contributed by atoms with van der Waals surface area (Å²) in [5.41, 5.74) is -2.13. The van der Waals surface area contributed by atoms with Gasteiger partial charge >= 0.3 is 5.69 Å². The largest absolute Gasteiger partial charge is 0.334 e. The fourth-order valence-electron chi connectivity index (χ4n) is 1.37. The Hall–Kier alpha value is -1.30. The zero-order valence-electron chi connectivity index (χ0n) is 8.51. The molecule has 18 heavy (non-hydrogen) atoms. The molecular weight excluding hydrogens is 305 g/mol. The quantitative estimate of drug-likeness (QED) is 0.823. The van der Waals surface area contributed by atoms with Gasteiger partial charge in [-0.25, -0.2) is 9.36 Å². The summed E-state index contributed by atoms with van der Waals surface area (Å²) >= 11 is 17.0. The van der Waals surface area contributed by atoms with Crippen LogP contribution in [-0.4, -0.2) is 9.55 Å². The minimum atomic E-state index is -1.27. The van der Waals surface area contributed by atoms with Crippen LogP contribution in [0.1, 0.15) is 0 Å². The molecule has 1 aromatic carbocycles. The van der Waals surface area contributed by atoms with Crippen LogP contribution in [0.25, 0.3) is 5.69 Å². The summed E-state index contributed by atoms with van der Waals surface area (Å²) < 4.78 is 13.9. The topological polar surface area (TPSA) is 54.9 Å². The Morgan fingerprint density at radius 1 is 1.17 bits per heavy atom. The maximum Gasteiger partial charge on any atom is 0.334 e. The lowest BCUT2D eigenvalue weighted by molar-refractivity contribution is 0.584.